The fourth-order valence-corrected chi connectivity index (χ4v) is 2.46. The van der Waals surface area contributed by atoms with E-state index in [0.29, 0.717) is 12.4 Å². The lowest BCUT2D eigenvalue weighted by Crippen LogP contribution is -2.39. The Morgan fingerprint density at radius 1 is 1.65 bits per heavy atom. The average Bonchev–Trinajstić information content (AvgIpc) is 3.00. The third-order valence-corrected chi connectivity index (χ3v) is 3.42. The van der Waals surface area contributed by atoms with Crippen molar-refractivity contribution in [1.29, 1.82) is 0 Å². The van der Waals surface area contributed by atoms with Gasteiger partial charge in [-0.25, -0.2) is 9.36 Å². The molecule has 108 valence electrons. The Morgan fingerprint density at radius 2 is 2.45 bits per heavy atom. The van der Waals surface area contributed by atoms with Crippen molar-refractivity contribution >= 4 is 17.2 Å². The van der Waals surface area contributed by atoms with E-state index >= 15 is 0 Å². The molecule has 8 heteroatoms. The van der Waals surface area contributed by atoms with Crippen LogP contribution >= 0.6 is 11.3 Å². The Hall–Kier alpha value is -1.93. The Labute approximate surface area is 119 Å². The van der Waals surface area contributed by atoms with Gasteiger partial charge < -0.3 is 10.1 Å². The van der Waals surface area contributed by atoms with Gasteiger partial charge in [0, 0.05) is 13.2 Å². The minimum Gasteiger partial charge on any atom is -0.383 e. The largest absolute Gasteiger partial charge is 0.442 e. The second kappa shape index (κ2) is 6.49. The summed E-state index contributed by atoms with van der Waals surface area (Å²) in [6.07, 6.45) is 0. The first kappa shape index (κ1) is 14.5. The average molecular weight is 297 g/mol. The molecule has 1 amide bonds. The molecule has 2 aromatic rings. The number of nitrogens with one attached hydrogen (secondary N) is 1. The summed E-state index contributed by atoms with van der Waals surface area (Å²) in [5.41, 5.74) is 0. The molecule has 0 saturated heterocycles. The highest BCUT2D eigenvalue weighted by atomic mass is 32.1. The molecule has 0 aromatic carbocycles. The quantitative estimate of drug-likeness (QED) is 0.849. The standard InChI is InChI=1S/C12H15N3O4S/c1-8(7-18-2)13-10(16)6-15-11(14-19-12(15)17)9-4-3-5-20-9/h3-5,8H,6-7H2,1-2H3,(H,13,16)/t8-/m0/s1. The maximum absolute atomic E-state index is 11.9. The van der Waals surface area contributed by atoms with Crippen LogP contribution in [-0.4, -0.2) is 35.4 Å². The van der Waals surface area contributed by atoms with Crippen molar-refractivity contribution in [3.63, 3.8) is 0 Å². The van der Waals surface area contributed by atoms with Gasteiger partial charge in [-0.3, -0.25) is 9.32 Å². The predicted octanol–water partition coefficient (Wildman–Crippen LogP) is 0.716. The van der Waals surface area contributed by atoms with E-state index in [-0.39, 0.29) is 18.5 Å². The van der Waals surface area contributed by atoms with Crippen LogP contribution in [0.25, 0.3) is 10.7 Å². The predicted molar refractivity (Wildman–Crippen MR) is 73.6 cm³/mol. The molecule has 0 fully saturated rings. The van der Waals surface area contributed by atoms with Crippen LogP contribution in [0.3, 0.4) is 0 Å². The minimum absolute atomic E-state index is 0.131. The van der Waals surface area contributed by atoms with Crippen molar-refractivity contribution in [2.75, 3.05) is 13.7 Å². The van der Waals surface area contributed by atoms with E-state index < -0.39 is 5.76 Å². The molecule has 0 aliphatic heterocycles. The highest BCUT2D eigenvalue weighted by Gasteiger charge is 2.17. The SMILES string of the molecule is COC[C@H](C)NC(=O)Cn1c(-c2cccs2)noc1=O. The Bertz CT molecular complexity index is 617. The van der Waals surface area contributed by atoms with Crippen LogP contribution in [0.15, 0.2) is 26.8 Å². The number of hydrogen-bond acceptors (Lipinski definition) is 6. The number of methoxy groups -OCH3 is 1. The molecular weight excluding hydrogens is 282 g/mol. The zero-order valence-corrected chi connectivity index (χ0v) is 12.0. The highest BCUT2D eigenvalue weighted by Crippen LogP contribution is 2.21. The van der Waals surface area contributed by atoms with E-state index in [2.05, 4.69) is 15.0 Å². The van der Waals surface area contributed by atoms with Crippen molar-refractivity contribution in [3.05, 3.63) is 28.1 Å². The molecule has 2 aromatic heterocycles. The summed E-state index contributed by atoms with van der Waals surface area (Å²) >= 11 is 1.42. The highest BCUT2D eigenvalue weighted by molar-refractivity contribution is 7.13. The Balaban J connectivity index is 2.12. The second-order valence-electron chi connectivity index (χ2n) is 4.26. The van der Waals surface area contributed by atoms with Crippen LogP contribution in [0.1, 0.15) is 6.92 Å². The molecule has 2 rings (SSSR count). The number of amides is 1. The van der Waals surface area contributed by atoms with Crippen molar-refractivity contribution in [2.24, 2.45) is 0 Å². The fourth-order valence-electron chi connectivity index (χ4n) is 1.75. The molecule has 0 saturated carbocycles. The molecule has 0 aliphatic rings. The topological polar surface area (TPSA) is 86.4 Å². The zero-order chi connectivity index (χ0) is 14.5. The van der Waals surface area contributed by atoms with E-state index in [4.69, 9.17) is 4.74 Å². The molecule has 0 bridgehead atoms. The third kappa shape index (κ3) is 3.34. The van der Waals surface area contributed by atoms with E-state index in [1.165, 1.54) is 15.9 Å². The van der Waals surface area contributed by atoms with Crippen LogP contribution in [-0.2, 0) is 16.1 Å². The second-order valence-corrected chi connectivity index (χ2v) is 5.21. The summed E-state index contributed by atoms with van der Waals surface area (Å²) in [5.74, 6) is -0.583. The van der Waals surface area contributed by atoms with E-state index in [0.717, 1.165) is 4.88 Å². The number of rotatable bonds is 6. The summed E-state index contributed by atoms with van der Waals surface area (Å²) in [4.78, 5) is 24.3. The van der Waals surface area contributed by atoms with Crippen molar-refractivity contribution in [1.82, 2.24) is 15.0 Å². The summed E-state index contributed by atoms with van der Waals surface area (Å²) in [7, 11) is 1.56. The van der Waals surface area contributed by atoms with Gasteiger partial charge in [0.2, 0.25) is 5.91 Å². The molecule has 1 atom stereocenters. The number of nitrogens with zero attached hydrogens (tertiary/aromatic N) is 2. The molecule has 0 unspecified atom stereocenters. The first-order chi connectivity index (χ1) is 9.61. The molecule has 1 N–H and O–H groups in total. The van der Waals surface area contributed by atoms with Crippen LogP contribution in [0.4, 0.5) is 0 Å². The Morgan fingerprint density at radius 3 is 3.10 bits per heavy atom. The van der Waals surface area contributed by atoms with Crippen LogP contribution in [0.5, 0.6) is 0 Å². The number of aromatic nitrogens is 2. The summed E-state index contributed by atoms with van der Waals surface area (Å²) in [5, 5.41) is 8.30. The molecular formula is C12H15N3O4S. The Kier molecular flexibility index (Phi) is 4.70. The van der Waals surface area contributed by atoms with Crippen molar-refractivity contribution in [3.8, 4) is 10.7 Å². The van der Waals surface area contributed by atoms with Gasteiger partial charge in [-0.1, -0.05) is 11.2 Å². The molecule has 0 aliphatic carbocycles. The molecule has 20 heavy (non-hydrogen) atoms. The number of ether oxygens (including phenoxy) is 1. The maximum atomic E-state index is 11.9. The van der Waals surface area contributed by atoms with Crippen LogP contribution in [0.2, 0.25) is 0 Å². The van der Waals surface area contributed by atoms with Gasteiger partial charge in [0.25, 0.3) is 0 Å². The number of hydrogen-bond donors (Lipinski definition) is 1. The van der Waals surface area contributed by atoms with Gasteiger partial charge in [0.05, 0.1) is 11.5 Å². The summed E-state index contributed by atoms with van der Waals surface area (Å²) in [6, 6.07) is 3.52. The fraction of sp³-hybridized carbons (Fsp3) is 0.417. The van der Waals surface area contributed by atoms with Gasteiger partial charge in [0.15, 0.2) is 5.82 Å². The van der Waals surface area contributed by atoms with Crippen LogP contribution in [0, 0.1) is 0 Å². The normalized spacial score (nSPS) is 12.3. The third-order valence-electron chi connectivity index (χ3n) is 2.55. The smallest absolute Gasteiger partial charge is 0.383 e. The van der Waals surface area contributed by atoms with E-state index in [1.807, 2.05) is 24.4 Å². The van der Waals surface area contributed by atoms with Crippen LogP contribution < -0.4 is 11.1 Å². The van der Waals surface area contributed by atoms with Gasteiger partial charge >= 0.3 is 5.76 Å². The van der Waals surface area contributed by atoms with Crippen molar-refractivity contribution < 1.29 is 14.1 Å². The number of thiophene rings is 1. The molecule has 0 radical (unpaired) electrons. The lowest BCUT2D eigenvalue weighted by Gasteiger charge is -2.12. The number of carbonyl (C=O) groups excluding carboxylic acids is 1. The number of carbonyl (C=O) groups is 1. The van der Waals surface area contributed by atoms with E-state index in [9.17, 15) is 9.59 Å². The molecule has 7 nitrogen and oxygen atoms in total. The van der Waals surface area contributed by atoms with Gasteiger partial charge in [-0.2, -0.15) is 0 Å². The first-order valence-electron chi connectivity index (χ1n) is 6.00. The monoisotopic (exact) mass is 297 g/mol. The molecule has 2 heterocycles. The summed E-state index contributed by atoms with van der Waals surface area (Å²) in [6.45, 7) is 2.09. The van der Waals surface area contributed by atoms with E-state index in [1.54, 1.807) is 7.11 Å². The first-order valence-corrected chi connectivity index (χ1v) is 6.88. The molecule has 0 spiro atoms. The van der Waals surface area contributed by atoms with Gasteiger partial charge in [-0.15, -0.1) is 11.3 Å². The van der Waals surface area contributed by atoms with Crippen molar-refractivity contribution in [2.45, 2.75) is 19.5 Å². The lowest BCUT2D eigenvalue weighted by molar-refractivity contribution is -0.122. The zero-order valence-electron chi connectivity index (χ0n) is 11.2. The summed E-state index contributed by atoms with van der Waals surface area (Å²) < 4.78 is 10.8. The maximum Gasteiger partial charge on any atom is 0.442 e. The minimum atomic E-state index is -0.650. The van der Waals surface area contributed by atoms with Gasteiger partial charge in [0.1, 0.15) is 6.54 Å². The van der Waals surface area contributed by atoms with Gasteiger partial charge in [-0.05, 0) is 18.4 Å². The lowest BCUT2D eigenvalue weighted by atomic mass is 10.3.